The molecule has 0 atom stereocenters. The minimum Gasteiger partial charge on any atom is -0.378 e. The Kier molecular flexibility index (Phi) is 4.46. The average molecular weight is 275 g/mol. The Balaban J connectivity index is 2.33. The smallest absolute Gasteiger partial charge is 0.0451 e. The summed E-state index contributed by atoms with van der Waals surface area (Å²) in [6.07, 6.45) is 0. The van der Waals surface area contributed by atoms with E-state index >= 15 is 0 Å². The third kappa shape index (κ3) is 3.28. The van der Waals surface area contributed by atoms with Gasteiger partial charge in [0.15, 0.2) is 0 Å². The molecule has 3 heteroatoms. The van der Waals surface area contributed by atoms with Crippen molar-refractivity contribution >= 4 is 17.3 Å². The first-order valence-corrected chi connectivity index (χ1v) is 6.70. The predicted octanol–water partition coefficient (Wildman–Crippen LogP) is 3.79. The summed E-state index contributed by atoms with van der Waals surface area (Å²) in [5, 5.41) is 3.94. The van der Waals surface area contributed by atoms with Gasteiger partial charge in [0.2, 0.25) is 0 Å². The van der Waals surface area contributed by atoms with E-state index in [1.54, 1.807) is 0 Å². The van der Waals surface area contributed by atoms with Crippen LogP contribution in [0.2, 0.25) is 5.02 Å². The predicted molar refractivity (Wildman–Crippen MR) is 84.0 cm³/mol. The Bertz CT molecular complexity index is 547. The molecule has 0 heterocycles. The van der Waals surface area contributed by atoms with Crippen LogP contribution in [-0.2, 0) is 6.54 Å². The maximum atomic E-state index is 6.18. The van der Waals surface area contributed by atoms with E-state index in [-0.39, 0.29) is 0 Å². The van der Waals surface area contributed by atoms with Gasteiger partial charge in [0.25, 0.3) is 0 Å². The zero-order valence-corrected chi connectivity index (χ0v) is 12.3. The highest BCUT2D eigenvalue weighted by Gasteiger charge is 2.04. The van der Waals surface area contributed by atoms with Gasteiger partial charge >= 0.3 is 0 Å². The summed E-state index contributed by atoms with van der Waals surface area (Å²) in [4.78, 5) is 2.10. The monoisotopic (exact) mass is 274 g/mol. The summed E-state index contributed by atoms with van der Waals surface area (Å²) in [5.74, 6) is 0. The molecule has 1 N–H and O–H groups in total. The molecule has 0 unspecified atom stereocenters. The Labute approximate surface area is 120 Å². The molecule has 0 aliphatic carbocycles. The molecule has 100 valence electrons. The number of nitrogens with one attached hydrogen (secondary N) is 1. The second-order valence-corrected chi connectivity index (χ2v) is 5.19. The third-order valence-electron chi connectivity index (χ3n) is 3.13. The molecule has 2 aromatic rings. The van der Waals surface area contributed by atoms with Gasteiger partial charge in [0.05, 0.1) is 0 Å². The summed E-state index contributed by atoms with van der Waals surface area (Å²) in [5.41, 5.74) is 4.73. The summed E-state index contributed by atoms with van der Waals surface area (Å²) < 4.78 is 0. The van der Waals surface area contributed by atoms with E-state index in [0.29, 0.717) is 0 Å². The summed E-state index contributed by atoms with van der Waals surface area (Å²) in [6.45, 7) is 0.780. The topological polar surface area (TPSA) is 15.3 Å². The van der Waals surface area contributed by atoms with Crippen LogP contribution in [0.5, 0.6) is 0 Å². The highest BCUT2D eigenvalue weighted by Crippen LogP contribution is 2.26. The van der Waals surface area contributed by atoms with Crippen LogP contribution < -0.4 is 10.2 Å². The van der Waals surface area contributed by atoms with Gasteiger partial charge in [0.1, 0.15) is 0 Å². The molecular weight excluding hydrogens is 256 g/mol. The van der Waals surface area contributed by atoms with Crippen molar-refractivity contribution in [3.8, 4) is 11.1 Å². The Morgan fingerprint density at radius 2 is 1.63 bits per heavy atom. The van der Waals surface area contributed by atoms with Gasteiger partial charge in [-0.3, -0.25) is 0 Å². The molecular formula is C16H19ClN2. The number of halogens is 1. The summed E-state index contributed by atoms with van der Waals surface area (Å²) in [6, 6.07) is 14.7. The summed E-state index contributed by atoms with van der Waals surface area (Å²) in [7, 11) is 6.01. The van der Waals surface area contributed by atoms with Crippen molar-refractivity contribution in [1.82, 2.24) is 5.32 Å². The van der Waals surface area contributed by atoms with Crippen molar-refractivity contribution in [1.29, 1.82) is 0 Å². The number of hydrogen-bond acceptors (Lipinski definition) is 2. The lowest BCUT2D eigenvalue weighted by Gasteiger charge is -2.13. The van der Waals surface area contributed by atoms with E-state index in [4.69, 9.17) is 11.6 Å². The minimum absolute atomic E-state index is 0.780. The van der Waals surface area contributed by atoms with Crippen LogP contribution in [0.15, 0.2) is 42.5 Å². The normalized spacial score (nSPS) is 10.5. The molecule has 19 heavy (non-hydrogen) atoms. The largest absolute Gasteiger partial charge is 0.378 e. The van der Waals surface area contributed by atoms with Crippen LogP contribution in [0.25, 0.3) is 11.1 Å². The minimum atomic E-state index is 0.780. The fourth-order valence-electron chi connectivity index (χ4n) is 2.03. The quantitative estimate of drug-likeness (QED) is 0.912. The second kappa shape index (κ2) is 6.09. The van der Waals surface area contributed by atoms with Crippen molar-refractivity contribution in [2.75, 3.05) is 26.0 Å². The van der Waals surface area contributed by atoms with E-state index in [1.165, 1.54) is 16.8 Å². The molecule has 2 rings (SSSR count). The first kappa shape index (κ1) is 13.9. The number of anilines is 1. The SMILES string of the molecule is CNCc1cc(-c2ccc(N(C)C)cc2)ccc1Cl. The Hall–Kier alpha value is -1.51. The summed E-state index contributed by atoms with van der Waals surface area (Å²) >= 11 is 6.18. The number of hydrogen-bond donors (Lipinski definition) is 1. The molecule has 0 aliphatic heterocycles. The maximum absolute atomic E-state index is 6.18. The van der Waals surface area contributed by atoms with E-state index in [2.05, 4.69) is 46.6 Å². The van der Waals surface area contributed by atoms with Crippen LogP contribution in [0, 0.1) is 0 Å². The Morgan fingerprint density at radius 3 is 2.21 bits per heavy atom. The van der Waals surface area contributed by atoms with Gasteiger partial charge in [-0.1, -0.05) is 29.8 Å². The van der Waals surface area contributed by atoms with Gasteiger partial charge in [-0.05, 0) is 48.0 Å². The number of rotatable bonds is 4. The lowest BCUT2D eigenvalue weighted by molar-refractivity contribution is 0.818. The third-order valence-corrected chi connectivity index (χ3v) is 3.50. The number of benzene rings is 2. The standard InChI is InChI=1S/C16H19ClN2/c1-18-11-14-10-13(6-9-16(14)17)12-4-7-15(8-5-12)19(2)3/h4-10,18H,11H2,1-3H3. The molecule has 0 amide bonds. The molecule has 0 spiro atoms. The van der Waals surface area contributed by atoms with Crippen molar-refractivity contribution in [3.05, 3.63) is 53.1 Å². The average Bonchev–Trinajstić information content (AvgIpc) is 2.41. The van der Waals surface area contributed by atoms with E-state index in [0.717, 1.165) is 17.1 Å². The highest BCUT2D eigenvalue weighted by molar-refractivity contribution is 6.31. The molecule has 0 aromatic heterocycles. The van der Waals surface area contributed by atoms with Crippen LogP contribution >= 0.6 is 11.6 Å². The lowest BCUT2D eigenvalue weighted by atomic mass is 10.0. The van der Waals surface area contributed by atoms with Gasteiger partial charge in [0, 0.05) is 31.4 Å². The zero-order chi connectivity index (χ0) is 13.8. The van der Waals surface area contributed by atoms with Crippen molar-refractivity contribution in [3.63, 3.8) is 0 Å². The van der Waals surface area contributed by atoms with E-state index in [9.17, 15) is 0 Å². The fraction of sp³-hybridized carbons (Fsp3) is 0.250. The van der Waals surface area contributed by atoms with Gasteiger partial charge in [-0.2, -0.15) is 0 Å². The molecule has 2 nitrogen and oxygen atoms in total. The van der Waals surface area contributed by atoms with Crippen molar-refractivity contribution in [2.24, 2.45) is 0 Å². The molecule has 0 fully saturated rings. The second-order valence-electron chi connectivity index (χ2n) is 4.78. The van der Waals surface area contributed by atoms with Gasteiger partial charge in [-0.25, -0.2) is 0 Å². The Morgan fingerprint density at radius 1 is 1.00 bits per heavy atom. The fourth-order valence-corrected chi connectivity index (χ4v) is 2.22. The van der Waals surface area contributed by atoms with Crippen LogP contribution in [-0.4, -0.2) is 21.1 Å². The highest BCUT2D eigenvalue weighted by atomic mass is 35.5. The van der Waals surface area contributed by atoms with Crippen LogP contribution in [0.4, 0.5) is 5.69 Å². The van der Waals surface area contributed by atoms with E-state index in [1.807, 2.05) is 27.2 Å². The molecule has 0 saturated carbocycles. The van der Waals surface area contributed by atoms with Gasteiger partial charge < -0.3 is 10.2 Å². The molecule has 0 bridgehead atoms. The molecule has 0 radical (unpaired) electrons. The van der Waals surface area contributed by atoms with Crippen molar-refractivity contribution < 1.29 is 0 Å². The number of nitrogens with zero attached hydrogens (tertiary/aromatic N) is 1. The maximum Gasteiger partial charge on any atom is 0.0451 e. The first-order chi connectivity index (χ1) is 9.11. The van der Waals surface area contributed by atoms with Crippen molar-refractivity contribution in [2.45, 2.75) is 6.54 Å². The van der Waals surface area contributed by atoms with Gasteiger partial charge in [-0.15, -0.1) is 0 Å². The van der Waals surface area contributed by atoms with E-state index < -0.39 is 0 Å². The molecule has 0 aliphatic rings. The molecule has 2 aromatic carbocycles. The zero-order valence-electron chi connectivity index (χ0n) is 11.6. The lowest BCUT2D eigenvalue weighted by Crippen LogP contribution is -2.08. The first-order valence-electron chi connectivity index (χ1n) is 6.32. The van der Waals surface area contributed by atoms with Crippen LogP contribution in [0.3, 0.4) is 0 Å². The molecule has 0 saturated heterocycles. The van der Waals surface area contributed by atoms with Crippen LogP contribution in [0.1, 0.15) is 5.56 Å².